The van der Waals surface area contributed by atoms with Gasteiger partial charge in [-0.1, -0.05) is 19.8 Å². The molecule has 0 saturated carbocycles. The normalized spacial score (nSPS) is 11.7. The fourth-order valence-electron chi connectivity index (χ4n) is 3.07. The van der Waals surface area contributed by atoms with E-state index >= 15 is 0 Å². The highest BCUT2D eigenvalue weighted by molar-refractivity contribution is 5.67. The Labute approximate surface area is 259 Å². The number of carbonyl (C=O) groups is 1. The van der Waals surface area contributed by atoms with Crippen LogP contribution in [0.1, 0.15) is 47.0 Å². The first-order chi connectivity index (χ1) is 21.0. The Bertz CT molecular complexity index is 566. The van der Waals surface area contributed by atoms with Gasteiger partial charge in [-0.05, 0) is 27.2 Å². The zero-order chi connectivity index (χ0) is 31.5. The molecular formula is C30H61NO12. The Morgan fingerprint density at radius 2 is 0.721 bits per heavy atom. The van der Waals surface area contributed by atoms with Gasteiger partial charge in [0.2, 0.25) is 0 Å². The summed E-state index contributed by atoms with van der Waals surface area (Å²) in [6.07, 6.45) is 3.09. The van der Waals surface area contributed by atoms with Crippen molar-refractivity contribution >= 4 is 6.09 Å². The molecule has 0 radical (unpaired) electrons. The molecule has 0 aromatic rings. The van der Waals surface area contributed by atoms with Gasteiger partial charge in [0, 0.05) is 13.2 Å². The maximum absolute atomic E-state index is 11.5. The summed E-state index contributed by atoms with van der Waals surface area (Å²) in [4.78, 5) is 11.5. The van der Waals surface area contributed by atoms with Crippen LogP contribution in [0.5, 0.6) is 0 Å². The van der Waals surface area contributed by atoms with Crippen LogP contribution in [-0.4, -0.2) is 150 Å². The lowest BCUT2D eigenvalue weighted by Gasteiger charge is -2.19. The first kappa shape index (κ1) is 41.9. The van der Waals surface area contributed by atoms with Crippen LogP contribution in [0, 0.1) is 0 Å². The molecule has 0 aliphatic heterocycles. The minimum Gasteiger partial charge on any atom is -0.444 e. The van der Waals surface area contributed by atoms with Crippen LogP contribution in [0.2, 0.25) is 0 Å². The molecule has 0 fully saturated rings. The number of rotatable bonds is 34. The van der Waals surface area contributed by atoms with Gasteiger partial charge in [-0.25, -0.2) is 4.79 Å². The molecule has 13 nitrogen and oxygen atoms in total. The van der Waals surface area contributed by atoms with Crippen molar-refractivity contribution in [2.45, 2.75) is 52.6 Å². The Morgan fingerprint density at radius 3 is 1.00 bits per heavy atom. The standard InChI is InChI=1S/C30H61NO12/c1-5-6-7-9-33-11-13-35-15-17-37-19-21-39-23-25-41-27-28-42-26-24-40-22-20-38-18-16-36-14-12-34-10-8-31-29(32)43-30(2,3)4/h5-28H2,1-4H3,(H,31,32). The van der Waals surface area contributed by atoms with E-state index in [9.17, 15) is 4.79 Å². The highest BCUT2D eigenvalue weighted by atomic mass is 16.6. The molecule has 43 heavy (non-hydrogen) atoms. The van der Waals surface area contributed by atoms with E-state index in [1.165, 1.54) is 12.8 Å². The lowest BCUT2D eigenvalue weighted by molar-refractivity contribution is -0.0264. The lowest BCUT2D eigenvalue weighted by Crippen LogP contribution is -2.34. The van der Waals surface area contributed by atoms with Gasteiger partial charge < -0.3 is 57.4 Å². The Balaban J connectivity index is 3.09. The summed E-state index contributed by atoms with van der Waals surface area (Å²) >= 11 is 0. The molecule has 0 bridgehead atoms. The number of alkyl carbamates (subject to hydrolysis) is 1. The van der Waals surface area contributed by atoms with Crippen molar-refractivity contribution < 1.29 is 56.9 Å². The van der Waals surface area contributed by atoms with E-state index in [0.29, 0.717) is 132 Å². The van der Waals surface area contributed by atoms with E-state index in [-0.39, 0.29) is 0 Å². The minimum atomic E-state index is -0.508. The Hall–Kier alpha value is -1.13. The summed E-state index contributed by atoms with van der Waals surface area (Å²) in [5.41, 5.74) is -0.508. The van der Waals surface area contributed by atoms with Crippen molar-refractivity contribution in [3.63, 3.8) is 0 Å². The maximum Gasteiger partial charge on any atom is 0.407 e. The quantitative estimate of drug-likeness (QED) is 0.105. The predicted molar refractivity (Wildman–Crippen MR) is 162 cm³/mol. The maximum atomic E-state index is 11.5. The molecule has 0 aromatic carbocycles. The van der Waals surface area contributed by atoms with Crippen LogP contribution >= 0.6 is 0 Å². The Kier molecular flexibility index (Phi) is 32.9. The number of ether oxygens (including phenoxy) is 11. The van der Waals surface area contributed by atoms with Crippen LogP contribution in [0.4, 0.5) is 4.79 Å². The van der Waals surface area contributed by atoms with Crippen molar-refractivity contribution in [3.05, 3.63) is 0 Å². The summed E-state index contributed by atoms with van der Waals surface area (Å²) in [6, 6.07) is 0. The van der Waals surface area contributed by atoms with Gasteiger partial charge in [0.1, 0.15) is 5.60 Å². The van der Waals surface area contributed by atoms with Crippen LogP contribution in [0.25, 0.3) is 0 Å². The fourth-order valence-corrected chi connectivity index (χ4v) is 3.07. The van der Waals surface area contributed by atoms with Gasteiger partial charge >= 0.3 is 6.09 Å². The molecule has 1 N–H and O–H groups in total. The van der Waals surface area contributed by atoms with E-state index in [2.05, 4.69) is 12.2 Å². The third-order valence-corrected chi connectivity index (χ3v) is 5.15. The second-order valence-electron chi connectivity index (χ2n) is 10.3. The third-order valence-electron chi connectivity index (χ3n) is 5.15. The number of unbranched alkanes of at least 4 members (excludes halogenated alkanes) is 2. The van der Waals surface area contributed by atoms with Gasteiger partial charge in [0.15, 0.2) is 0 Å². The Morgan fingerprint density at radius 1 is 0.442 bits per heavy atom. The average molecular weight is 628 g/mol. The van der Waals surface area contributed by atoms with Gasteiger partial charge in [-0.2, -0.15) is 0 Å². The molecule has 13 heteroatoms. The number of hydrogen-bond acceptors (Lipinski definition) is 12. The highest BCUT2D eigenvalue weighted by Crippen LogP contribution is 2.06. The van der Waals surface area contributed by atoms with Gasteiger partial charge in [-0.15, -0.1) is 0 Å². The molecule has 0 spiro atoms. The molecule has 0 aromatic heterocycles. The topological polar surface area (TPSA) is 131 Å². The zero-order valence-corrected chi connectivity index (χ0v) is 27.4. The monoisotopic (exact) mass is 627 g/mol. The second kappa shape index (κ2) is 33.8. The summed E-state index contributed by atoms with van der Waals surface area (Å²) in [7, 11) is 0. The van der Waals surface area contributed by atoms with Crippen LogP contribution < -0.4 is 5.32 Å². The lowest BCUT2D eigenvalue weighted by atomic mass is 10.2. The number of nitrogens with one attached hydrogen (secondary N) is 1. The second-order valence-corrected chi connectivity index (χ2v) is 10.3. The fraction of sp³-hybridized carbons (Fsp3) is 0.967. The van der Waals surface area contributed by atoms with E-state index in [1.807, 2.05) is 20.8 Å². The predicted octanol–water partition coefficient (Wildman–Crippen LogP) is 2.87. The zero-order valence-electron chi connectivity index (χ0n) is 27.4. The number of amides is 1. The first-order valence-corrected chi connectivity index (χ1v) is 15.7. The highest BCUT2D eigenvalue weighted by Gasteiger charge is 2.15. The van der Waals surface area contributed by atoms with Gasteiger partial charge in [-0.3, -0.25) is 0 Å². The summed E-state index contributed by atoms with van der Waals surface area (Å²) in [5.74, 6) is 0. The van der Waals surface area contributed by atoms with Crippen molar-refractivity contribution in [2.24, 2.45) is 0 Å². The van der Waals surface area contributed by atoms with Crippen molar-refractivity contribution in [3.8, 4) is 0 Å². The molecule has 258 valence electrons. The van der Waals surface area contributed by atoms with Crippen LogP contribution in [0.3, 0.4) is 0 Å². The molecule has 0 aliphatic carbocycles. The molecule has 0 aliphatic rings. The molecule has 0 heterocycles. The van der Waals surface area contributed by atoms with Crippen molar-refractivity contribution in [1.29, 1.82) is 0 Å². The molecule has 1 amide bonds. The van der Waals surface area contributed by atoms with E-state index in [0.717, 1.165) is 13.0 Å². The van der Waals surface area contributed by atoms with Gasteiger partial charge in [0.05, 0.1) is 126 Å². The van der Waals surface area contributed by atoms with E-state index in [4.69, 9.17) is 52.1 Å². The van der Waals surface area contributed by atoms with Crippen LogP contribution in [0.15, 0.2) is 0 Å². The van der Waals surface area contributed by atoms with Crippen LogP contribution in [-0.2, 0) is 52.1 Å². The van der Waals surface area contributed by atoms with Crippen molar-refractivity contribution in [2.75, 3.05) is 139 Å². The smallest absolute Gasteiger partial charge is 0.407 e. The molecule has 0 unspecified atom stereocenters. The molecule has 0 saturated heterocycles. The minimum absolute atomic E-state index is 0.386. The molecule has 0 atom stereocenters. The summed E-state index contributed by atoms with van der Waals surface area (Å²) in [6.45, 7) is 18.6. The number of hydrogen-bond donors (Lipinski definition) is 1. The SMILES string of the molecule is CCCCCOCCOCCOCCOCCOCCOCCOCCOCCOCCOCCNC(=O)OC(C)(C)C. The van der Waals surface area contributed by atoms with E-state index < -0.39 is 11.7 Å². The van der Waals surface area contributed by atoms with Gasteiger partial charge in [0.25, 0.3) is 0 Å². The summed E-state index contributed by atoms with van der Waals surface area (Å²) in [5, 5.41) is 2.63. The first-order valence-electron chi connectivity index (χ1n) is 15.7. The van der Waals surface area contributed by atoms with E-state index in [1.54, 1.807) is 0 Å². The average Bonchev–Trinajstić information content (AvgIpc) is 2.96. The molecular weight excluding hydrogens is 566 g/mol. The molecule has 0 rings (SSSR count). The summed E-state index contributed by atoms with van der Waals surface area (Å²) < 4.78 is 59.7. The number of carbonyl (C=O) groups excluding carboxylic acids is 1. The largest absolute Gasteiger partial charge is 0.444 e. The van der Waals surface area contributed by atoms with Crippen molar-refractivity contribution in [1.82, 2.24) is 5.32 Å². The third kappa shape index (κ3) is 38.8.